The van der Waals surface area contributed by atoms with Gasteiger partial charge in [0.25, 0.3) is 0 Å². The Labute approximate surface area is 219 Å². The number of urea groups is 1. The molecule has 194 valence electrons. The highest BCUT2D eigenvalue weighted by atomic mass is 32.2. The SMILES string of the molecule is CCS(=O)(=O)c1ccc(CNC(=O)N2CC3(CCCC3)c3cc(-c4ccc(CO)cc4C)ccc32)cc1. The molecule has 1 saturated carbocycles. The molecule has 1 aliphatic heterocycles. The van der Waals surface area contributed by atoms with Crippen molar-refractivity contribution in [1.29, 1.82) is 0 Å². The van der Waals surface area contributed by atoms with Crippen molar-refractivity contribution in [2.75, 3.05) is 17.2 Å². The zero-order valence-corrected chi connectivity index (χ0v) is 22.3. The van der Waals surface area contributed by atoms with Gasteiger partial charge in [-0.15, -0.1) is 0 Å². The molecule has 1 aliphatic carbocycles. The number of hydrogen-bond donors (Lipinski definition) is 2. The van der Waals surface area contributed by atoms with Crippen LogP contribution in [0, 0.1) is 6.92 Å². The molecule has 37 heavy (non-hydrogen) atoms. The van der Waals surface area contributed by atoms with E-state index in [-0.39, 0.29) is 23.8 Å². The maximum Gasteiger partial charge on any atom is 0.322 e. The van der Waals surface area contributed by atoms with E-state index in [0.29, 0.717) is 18.0 Å². The number of aliphatic hydroxyl groups excluding tert-OH is 1. The van der Waals surface area contributed by atoms with Gasteiger partial charge in [0.1, 0.15) is 0 Å². The highest BCUT2D eigenvalue weighted by Gasteiger charge is 2.46. The topological polar surface area (TPSA) is 86.7 Å². The van der Waals surface area contributed by atoms with Gasteiger partial charge in [0.15, 0.2) is 9.84 Å². The number of fused-ring (bicyclic) bond motifs is 2. The van der Waals surface area contributed by atoms with Crippen LogP contribution < -0.4 is 10.2 Å². The van der Waals surface area contributed by atoms with Gasteiger partial charge in [-0.05, 0) is 77.4 Å². The second-order valence-electron chi connectivity index (χ2n) is 10.3. The third-order valence-electron chi connectivity index (χ3n) is 8.02. The molecule has 3 aromatic carbocycles. The molecular formula is C30H34N2O4S. The van der Waals surface area contributed by atoms with Crippen LogP contribution in [-0.2, 0) is 28.4 Å². The van der Waals surface area contributed by atoms with Crippen molar-refractivity contribution < 1.29 is 18.3 Å². The van der Waals surface area contributed by atoms with E-state index in [4.69, 9.17) is 0 Å². The summed E-state index contributed by atoms with van der Waals surface area (Å²) in [6, 6.07) is 19.1. The lowest BCUT2D eigenvalue weighted by molar-refractivity contribution is 0.245. The summed E-state index contributed by atoms with van der Waals surface area (Å²) in [5.41, 5.74) is 7.36. The highest BCUT2D eigenvalue weighted by Crippen LogP contribution is 2.51. The largest absolute Gasteiger partial charge is 0.392 e. The molecule has 2 aliphatic rings. The number of aliphatic hydroxyl groups is 1. The maximum atomic E-state index is 13.4. The number of carbonyl (C=O) groups is 1. The maximum absolute atomic E-state index is 13.4. The predicted molar refractivity (Wildman–Crippen MR) is 146 cm³/mol. The van der Waals surface area contributed by atoms with Gasteiger partial charge in [0, 0.05) is 24.2 Å². The summed E-state index contributed by atoms with van der Waals surface area (Å²) in [4.78, 5) is 15.6. The predicted octanol–water partition coefficient (Wildman–Crippen LogP) is 5.49. The van der Waals surface area contributed by atoms with E-state index in [0.717, 1.165) is 59.2 Å². The van der Waals surface area contributed by atoms with Crippen LogP contribution in [0.2, 0.25) is 0 Å². The van der Waals surface area contributed by atoms with Gasteiger partial charge in [-0.1, -0.05) is 56.2 Å². The zero-order valence-electron chi connectivity index (χ0n) is 21.5. The van der Waals surface area contributed by atoms with Crippen LogP contribution in [0.25, 0.3) is 11.1 Å². The van der Waals surface area contributed by atoms with Gasteiger partial charge in [0.05, 0.1) is 17.3 Å². The van der Waals surface area contributed by atoms with Gasteiger partial charge < -0.3 is 10.4 Å². The fourth-order valence-electron chi connectivity index (χ4n) is 5.90. The minimum atomic E-state index is -3.24. The first kappa shape index (κ1) is 25.5. The lowest BCUT2D eigenvalue weighted by Gasteiger charge is -2.25. The Balaban J connectivity index is 1.38. The van der Waals surface area contributed by atoms with Crippen molar-refractivity contribution in [3.63, 3.8) is 0 Å². The molecular weight excluding hydrogens is 484 g/mol. The lowest BCUT2D eigenvalue weighted by Crippen LogP contribution is -2.41. The smallest absolute Gasteiger partial charge is 0.322 e. The first-order valence-electron chi connectivity index (χ1n) is 13.0. The molecule has 7 heteroatoms. The average molecular weight is 519 g/mol. The summed E-state index contributed by atoms with van der Waals surface area (Å²) in [6.07, 6.45) is 4.47. The van der Waals surface area contributed by atoms with Gasteiger partial charge in [-0.3, -0.25) is 4.90 Å². The van der Waals surface area contributed by atoms with Gasteiger partial charge in [0.2, 0.25) is 0 Å². The number of nitrogens with one attached hydrogen (secondary N) is 1. The number of benzene rings is 3. The first-order chi connectivity index (χ1) is 17.8. The fraction of sp³-hybridized carbons (Fsp3) is 0.367. The summed E-state index contributed by atoms with van der Waals surface area (Å²) in [5.74, 6) is 0.0639. The number of anilines is 1. The Morgan fingerprint density at radius 3 is 2.35 bits per heavy atom. The van der Waals surface area contributed by atoms with Crippen LogP contribution in [0.4, 0.5) is 10.5 Å². The van der Waals surface area contributed by atoms with Crippen molar-refractivity contribution in [1.82, 2.24) is 5.32 Å². The van der Waals surface area contributed by atoms with Crippen LogP contribution in [0.5, 0.6) is 0 Å². The molecule has 0 bridgehead atoms. The third-order valence-corrected chi connectivity index (χ3v) is 9.77. The minimum absolute atomic E-state index is 0.0161. The number of amides is 2. The number of carbonyl (C=O) groups excluding carboxylic acids is 1. The molecule has 0 radical (unpaired) electrons. The van der Waals surface area contributed by atoms with Crippen LogP contribution in [0.3, 0.4) is 0 Å². The highest BCUT2D eigenvalue weighted by molar-refractivity contribution is 7.91. The van der Waals surface area contributed by atoms with Crippen LogP contribution in [0.15, 0.2) is 65.6 Å². The molecule has 0 atom stereocenters. The lowest BCUT2D eigenvalue weighted by atomic mass is 9.79. The second kappa shape index (κ2) is 9.95. The number of nitrogens with zero attached hydrogens (tertiary/aromatic N) is 1. The first-order valence-corrected chi connectivity index (χ1v) is 14.6. The Bertz CT molecular complexity index is 1420. The number of hydrogen-bond acceptors (Lipinski definition) is 4. The quantitative estimate of drug-likeness (QED) is 0.452. The zero-order chi connectivity index (χ0) is 26.2. The molecule has 5 rings (SSSR count). The van der Waals surface area contributed by atoms with E-state index in [1.165, 1.54) is 5.56 Å². The van der Waals surface area contributed by atoms with E-state index >= 15 is 0 Å². The molecule has 0 saturated heterocycles. The molecule has 2 N–H and O–H groups in total. The van der Waals surface area contributed by atoms with Crippen LogP contribution >= 0.6 is 0 Å². The molecule has 1 heterocycles. The van der Waals surface area contributed by atoms with Crippen molar-refractivity contribution in [2.24, 2.45) is 0 Å². The van der Waals surface area contributed by atoms with Gasteiger partial charge in [-0.25, -0.2) is 13.2 Å². The Hall–Kier alpha value is -3.16. The molecule has 0 aromatic heterocycles. The van der Waals surface area contributed by atoms with Crippen LogP contribution in [0.1, 0.15) is 54.9 Å². The molecule has 1 spiro atoms. The fourth-order valence-corrected chi connectivity index (χ4v) is 6.78. The van der Waals surface area contributed by atoms with E-state index in [1.54, 1.807) is 31.2 Å². The van der Waals surface area contributed by atoms with Gasteiger partial charge >= 0.3 is 6.03 Å². The van der Waals surface area contributed by atoms with Crippen LogP contribution in [-0.4, -0.2) is 31.9 Å². The average Bonchev–Trinajstić information content (AvgIpc) is 3.52. The number of rotatable bonds is 6. The van der Waals surface area contributed by atoms with Crippen molar-refractivity contribution >= 4 is 21.6 Å². The van der Waals surface area contributed by atoms with Crippen molar-refractivity contribution in [3.05, 3.63) is 82.9 Å². The van der Waals surface area contributed by atoms with E-state index in [9.17, 15) is 18.3 Å². The summed E-state index contributed by atoms with van der Waals surface area (Å²) in [7, 11) is -3.24. The Morgan fingerprint density at radius 1 is 1.00 bits per heavy atom. The standard InChI is InChI=1S/C30H34N2O4S/c1-3-37(35,36)25-10-6-22(7-11-25)18-31-29(34)32-20-30(14-4-5-15-30)27-17-24(9-13-28(27)32)26-12-8-23(19-33)16-21(26)2/h6-13,16-17,33H,3-5,14-15,18-20H2,1-2H3,(H,31,34). The summed E-state index contributed by atoms with van der Waals surface area (Å²) < 4.78 is 24.1. The molecule has 2 amide bonds. The third kappa shape index (κ3) is 4.78. The minimum Gasteiger partial charge on any atom is -0.392 e. The summed E-state index contributed by atoms with van der Waals surface area (Å²) in [6.45, 7) is 4.73. The molecule has 0 unspecified atom stereocenters. The molecule has 1 fully saturated rings. The van der Waals surface area contributed by atoms with Crippen molar-refractivity contribution in [2.45, 2.75) is 63.0 Å². The Kier molecular flexibility index (Phi) is 6.86. The van der Waals surface area contributed by atoms with Gasteiger partial charge in [-0.2, -0.15) is 0 Å². The monoisotopic (exact) mass is 518 g/mol. The van der Waals surface area contributed by atoms with E-state index < -0.39 is 9.84 Å². The van der Waals surface area contributed by atoms with Crippen molar-refractivity contribution in [3.8, 4) is 11.1 Å². The summed E-state index contributed by atoms with van der Waals surface area (Å²) in [5, 5.41) is 12.5. The van der Waals surface area contributed by atoms with E-state index in [2.05, 4.69) is 36.5 Å². The summed E-state index contributed by atoms with van der Waals surface area (Å²) >= 11 is 0. The molecule has 6 nitrogen and oxygen atoms in total. The Morgan fingerprint density at radius 2 is 1.70 bits per heavy atom. The second-order valence-corrected chi connectivity index (χ2v) is 12.6. The number of aryl methyl sites for hydroxylation is 1. The van der Waals surface area contributed by atoms with E-state index in [1.807, 2.05) is 17.0 Å². The molecule has 3 aromatic rings. The number of sulfone groups is 1. The normalized spacial score (nSPS) is 16.2.